The minimum Gasteiger partial charge on any atom is -0.314 e. The molecule has 1 aliphatic heterocycles. The molecule has 1 aliphatic rings. The number of hydrogen-bond donors (Lipinski definition) is 1. The van der Waals surface area contributed by atoms with Crippen LogP contribution < -0.4 is 5.32 Å². The first-order valence-corrected chi connectivity index (χ1v) is 6.46. The van der Waals surface area contributed by atoms with Crippen LogP contribution in [0.4, 0.5) is 8.78 Å². The number of alkyl halides is 2. The second kappa shape index (κ2) is 5.89. The van der Waals surface area contributed by atoms with Crippen molar-refractivity contribution in [1.29, 1.82) is 0 Å². The summed E-state index contributed by atoms with van der Waals surface area (Å²) < 4.78 is 27.3. The number of nitrogens with zero attached hydrogens (tertiary/aromatic N) is 1. The predicted molar refractivity (Wildman–Crippen MR) is 67.3 cm³/mol. The summed E-state index contributed by atoms with van der Waals surface area (Å²) in [6.45, 7) is 2.89. The van der Waals surface area contributed by atoms with Crippen molar-refractivity contribution in [2.24, 2.45) is 0 Å². The molecule has 0 unspecified atom stereocenters. The van der Waals surface area contributed by atoms with Crippen molar-refractivity contribution in [3.63, 3.8) is 0 Å². The highest BCUT2D eigenvalue weighted by molar-refractivity contribution is 9.10. The molecule has 0 saturated carbocycles. The van der Waals surface area contributed by atoms with Crippen molar-refractivity contribution in [3.05, 3.63) is 34.3 Å². The lowest BCUT2D eigenvalue weighted by Crippen LogP contribution is -2.46. The highest BCUT2D eigenvalue weighted by Crippen LogP contribution is 2.29. The smallest absolute Gasteiger partial charge is 0.258 e. The highest BCUT2D eigenvalue weighted by Gasteiger charge is 2.29. The van der Waals surface area contributed by atoms with Crippen LogP contribution in [0.5, 0.6) is 0 Å². The van der Waals surface area contributed by atoms with E-state index >= 15 is 0 Å². The van der Waals surface area contributed by atoms with Crippen LogP contribution in [0.15, 0.2) is 28.7 Å². The first-order chi connectivity index (χ1) is 8.18. The second-order valence-electron chi connectivity index (χ2n) is 4.12. The van der Waals surface area contributed by atoms with Gasteiger partial charge in [-0.2, -0.15) is 0 Å². The van der Waals surface area contributed by atoms with Gasteiger partial charge < -0.3 is 5.32 Å². The number of benzene rings is 1. The first-order valence-electron chi connectivity index (χ1n) is 5.67. The van der Waals surface area contributed by atoms with Crippen LogP contribution in [0.3, 0.4) is 0 Å². The minimum atomic E-state index is -2.36. The van der Waals surface area contributed by atoms with Crippen molar-refractivity contribution < 1.29 is 8.78 Å². The van der Waals surface area contributed by atoms with Gasteiger partial charge in [-0.05, 0) is 17.7 Å². The molecule has 2 rings (SSSR count). The van der Waals surface area contributed by atoms with E-state index in [4.69, 9.17) is 0 Å². The van der Waals surface area contributed by atoms with E-state index in [9.17, 15) is 8.78 Å². The lowest BCUT2D eigenvalue weighted by molar-refractivity contribution is 0.0181. The fourth-order valence-electron chi connectivity index (χ4n) is 2.17. The maximum atomic E-state index is 13.2. The summed E-state index contributed by atoms with van der Waals surface area (Å²) in [7, 11) is 0. The topological polar surface area (TPSA) is 15.3 Å². The van der Waals surface area contributed by atoms with Crippen molar-refractivity contribution in [2.75, 3.05) is 26.2 Å². The molecule has 1 N–H and O–H groups in total. The standard InChI is InChI=1S/C12H15BrF2N2/c13-10-3-1-2-9(8-10)11(12(14)15)17-6-4-16-5-7-17/h1-3,8,11-12,16H,4-7H2/t11-/m0/s1. The quantitative estimate of drug-likeness (QED) is 0.923. The van der Waals surface area contributed by atoms with E-state index in [1.807, 2.05) is 11.0 Å². The molecule has 1 heterocycles. The summed E-state index contributed by atoms with van der Waals surface area (Å²) in [4.78, 5) is 1.85. The second-order valence-corrected chi connectivity index (χ2v) is 5.04. The molecule has 0 aromatic heterocycles. The zero-order valence-corrected chi connectivity index (χ0v) is 11.0. The van der Waals surface area contributed by atoms with Gasteiger partial charge in [0.05, 0.1) is 6.04 Å². The summed E-state index contributed by atoms with van der Waals surface area (Å²) in [6, 6.07) is 6.40. The van der Waals surface area contributed by atoms with Crippen molar-refractivity contribution in [2.45, 2.75) is 12.5 Å². The Labute approximate surface area is 108 Å². The molecule has 5 heteroatoms. The van der Waals surface area contributed by atoms with Gasteiger partial charge in [0.15, 0.2) is 0 Å². The fraction of sp³-hybridized carbons (Fsp3) is 0.500. The van der Waals surface area contributed by atoms with Crippen molar-refractivity contribution in [1.82, 2.24) is 10.2 Å². The van der Waals surface area contributed by atoms with Gasteiger partial charge in [0.25, 0.3) is 6.43 Å². The van der Waals surface area contributed by atoms with Gasteiger partial charge in [-0.25, -0.2) is 8.78 Å². The number of piperazine rings is 1. The highest BCUT2D eigenvalue weighted by atomic mass is 79.9. The maximum absolute atomic E-state index is 13.2. The van der Waals surface area contributed by atoms with Crippen LogP contribution in [0.25, 0.3) is 0 Å². The van der Waals surface area contributed by atoms with E-state index in [0.29, 0.717) is 18.7 Å². The molecule has 1 aromatic carbocycles. The van der Waals surface area contributed by atoms with Gasteiger partial charge in [0.2, 0.25) is 0 Å². The zero-order valence-electron chi connectivity index (χ0n) is 9.37. The van der Waals surface area contributed by atoms with Crippen LogP contribution in [-0.2, 0) is 0 Å². The summed E-state index contributed by atoms with van der Waals surface area (Å²) in [5, 5.41) is 3.18. The number of rotatable bonds is 3. The number of hydrogen-bond acceptors (Lipinski definition) is 2. The molecule has 0 bridgehead atoms. The van der Waals surface area contributed by atoms with E-state index < -0.39 is 12.5 Å². The van der Waals surface area contributed by atoms with E-state index in [1.165, 1.54) is 0 Å². The lowest BCUT2D eigenvalue weighted by Gasteiger charge is -2.34. The monoisotopic (exact) mass is 304 g/mol. The minimum absolute atomic E-state index is 0.668. The summed E-state index contributed by atoms with van der Waals surface area (Å²) in [6.07, 6.45) is -2.36. The SMILES string of the molecule is FC(F)[C@H](c1cccc(Br)c1)N1CCNCC1. The third kappa shape index (κ3) is 3.24. The molecule has 1 aromatic rings. The van der Waals surface area contributed by atoms with Gasteiger partial charge in [-0.1, -0.05) is 28.1 Å². The Morgan fingerprint density at radius 2 is 1.94 bits per heavy atom. The van der Waals surface area contributed by atoms with E-state index in [1.54, 1.807) is 18.2 Å². The Bertz CT molecular complexity index is 367. The summed E-state index contributed by atoms with van der Waals surface area (Å²) in [5.41, 5.74) is 0.677. The van der Waals surface area contributed by atoms with Gasteiger partial charge in [0.1, 0.15) is 0 Å². The van der Waals surface area contributed by atoms with Gasteiger partial charge in [0, 0.05) is 30.7 Å². The van der Waals surface area contributed by atoms with Crippen LogP contribution in [0, 0.1) is 0 Å². The maximum Gasteiger partial charge on any atom is 0.258 e. The third-order valence-electron chi connectivity index (χ3n) is 2.97. The lowest BCUT2D eigenvalue weighted by atomic mass is 10.1. The zero-order chi connectivity index (χ0) is 12.3. The molecular weight excluding hydrogens is 290 g/mol. The molecule has 0 radical (unpaired) electrons. The van der Waals surface area contributed by atoms with E-state index in [0.717, 1.165) is 17.6 Å². The molecule has 17 heavy (non-hydrogen) atoms. The number of halogens is 3. The van der Waals surface area contributed by atoms with Gasteiger partial charge in [-0.3, -0.25) is 4.90 Å². The largest absolute Gasteiger partial charge is 0.314 e. The molecule has 1 saturated heterocycles. The molecular formula is C12H15BrF2N2. The van der Waals surface area contributed by atoms with Crippen LogP contribution >= 0.6 is 15.9 Å². The van der Waals surface area contributed by atoms with Crippen molar-refractivity contribution >= 4 is 15.9 Å². The Morgan fingerprint density at radius 3 is 2.53 bits per heavy atom. The van der Waals surface area contributed by atoms with Crippen LogP contribution in [0.2, 0.25) is 0 Å². The first kappa shape index (κ1) is 12.9. The predicted octanol–water partition coefficient (Wildman–Crippen LogP) is 2.66. The molecule has 0 amide bonds. The van der Waals surface area contributed by atoms with Gasteiger partial charge >= 0.3 is 0 Å². The average Bonchev–Trinajstić information content (AvgIpc) is 2.30. The Kier molecular flexibility index (Phi) is 4.48. The van der Waals surface area contributed by atoms with Crippen LogP contribution in [0.1, 0.15) is 11.6 Å². The van der Waals surface area contributed by atoms with Gasteiger partial charge in [-0.15, -0.1) is 0 Å². The Balaban J connectivity index is 2.21. The molecule has 0 aliphatic carbocycles. The Morgan fingerprint density at radius 1 is 1.24 bits per heavy atom. The summed E-state index contributed by atoms with van der Waals surface area (Å²) >= 11 is 3.33. The van der Waals surface area contributed by atoms with Crippen LogP contribution in [-0.4, -0.2) is 37.5 Å². The Hall–Kier alpha value is -0.520. The molecule has 1 atom stereocenters. The molecule has 94 valence electrons. The third-order valence-corrected chi connectivity index (χ3v) is 3.47. The molecule has 2 nitrogen and oxygen atoms in total. The normalized spacial score (nSPS) is 19.5. The van der Waals surface area contributed by atoms with E-state index in [2.05, 4.69) is 21.2 Å². The summed E-state index contributed by atoms with van der Waals surface area (Å²) in [5.74, 6) is 0. The molecule has 1 fully saturated rings. The average molecular weight is 305 g/mol. The fourth-order valence-corrected chi connectivity index (χ4v) is 2.58. The number of nitrogens with one attached hydrogen (secondary N) is 1. The van der Waals surface area contributed by atoms with Crippen molar-refractivity contribution in [3.8, 4) is 0 Å². The molecule has 0 spiro atoms. The van der Waals surface area contributed by atoms with E-state index in [-0.39, 0.29) is 0 Å².